The van der Waals surface area contributed by atoms with Gasteiger partial charge in [-0.25, -0.2) is 5.14 Å². The van der Waals surface area contributed by atoms with Gasteiger partial charge >= 0.3 is 6.18 Å². The Labute approximate surface area is 165 Å². The predicted molar refractivity (Wildman–Crippen MR) is 95.0 cm³/mol. The van der Waals surface area contributed by atoms with Gasteiger partial charge in [0.25, 0.3) is 16.1 Å². The summed E-state index contributed by atoms with van der Waals surface area (Å²) in [4.78, 5) is 0. The van der Waals surface area contributed by atoms with Crippen molar-refractivity contribution >= 4 is 10.2 Å². The average Bonchev–Trinajstić information content (AvgIpc) is 3.12. The molecule has 0 unspecified atom stereocenters. The molecule has 2 fully saturated rings. The van der Waals surface area contributed by atoms with Crippen molar-refractivity contribution in [3.63, 3.8) is 0 Å². The minimum absolute atomic E-state index is 0.00497. The van der Waals surface area contributed by atoms with Crippen LogP contribution in [0.3, 0.4) is 0 Å². The predicted octanol–water partition coefficient (Wildman–Crippen LogP) is 2.45. The summed E-state index contributed by atoms with van der Waals surface area (Å²) in [5, 5.41) is 13.2. The van der Waals surface area contributed by atoms with Gasteiger partial charge < -0.3 is 9.15 Å². The molecule has 1 aliphatic carbocycles. The highest BCUT2D eigenvalue weighted by molar-refractivity contribution is 7.86. The lowest BCUT2D eigenvalue weighted by Crippen LogP contribution is -2.43. The summed E-state index contributed by atoms with van der Waals surface area (Å²) in [7, 11) is -3.70. The molecule has 1 aliphatic heterocycles. The molecule has 2 heterocycles. The number of ether oxygens (including phenoxy) is 1. The van der Waals surface area contributed by atoms with Gasteiger partial charge in [0.05, 0.1) is 5.56 Å². The van der Waals surface area contributed by atoms with Gasteiger partial charge in [0.1, 0.15) is 5.75 Å². The van der Waals surface area contributed by atoms with Crippen LogP contribution in [0.2, 0.25) is 0 Å². The smallest absolute Gasteiger partial charge is 0.422 e. The first-order chi connectivity index (χ1) is 13.6. The molecule has 8 nitrogen and oxygen atoms in total. The van der Waals surface area contributed by atoms with E-state index >= 15 is 0 Å². The summed E-state index contributed by atoms with van der Waals surface area (Å²) in [6, 6.07) is 6.16. The van der Waals surface area contributed by atoms with E-state index in [4.69, 9.17) is 14.3 Å². The molecule has 2 aromatic rings. The second-order valence-electron chi connectivity index (χ2n) is 7.41. The fraction of sp³-hybridized carbons (Fsp3) is 0.529. The Morgan fingerprint density at radius 1 is 1.24 bits per heavy atom. The highest BCUT2D eigenvalue weighted by atomic mass is 32.2. The van der Waals surface area contributed by atoms with Crippen molar-refractivity contribution in [1.82, 2.24) is 14.5 Å². The summed E-state index contributed by atoms with van der Waals surface area (Å²) in [5.41, 5.74) is 0.186. The number of hydrogen-bond donors (Lipinski definition) is 1. The molecule has 0 amide bonds. The molecule has 1 aromatic carbocycles. The van der Waals surface area contributed by atoms with E-state index in [2.05, 4.69) is 10.2 Å². The first-order valence-electron chi connectivity index (χ1n) is 8.98. The Balaban J connectivity index is 1.47. The van der Waals surface area contributed by atoms with E-state index in [0.717, 1.165) is 6.42 Å². The number of piperidine rings is 1. The summed E-state index contributed by atoms with van der Waals surface area (Å²) in [6.45, 7) is -0.744. The number of nitrogens with zero attached hydrogens (tertiary/aromatic N) is 3. The third kappa shape index (κ3) is 4.23. The van der Waals surface area contributed by atoms with E-state index in [1.54, 1.807) is 18.2 Å². The van der Waals surface area contributed by atoms with Gasteiger partial charge in [0.15, 0.2) is 6.61 Å². The Morgan fingerprint density at radius 2 is 1.93 bits per heavy atom. The number of hydrogen-bond acceptors (Lipinski definition) is 6. The van der Waals surface area contributed by atoms with Gasteiger partial charge in [-0.1, -0.05) is 12.1 Å². The third-order valence-electron chi connectivity index (χ3n) is 5.52. The third-order valence-corrected chi connectivity index (χ3v) is 6.60. The Kier molecular flexibility index (Phi) is 4.82. The van der Waals surface area contributed by atoms with Crippen molar-refractivity contribution in [2.45, 2.75) is 31.4 Å². The molecule has 1 saturated carbocycles. The van der Waals surface area contributed by atoms with Crippen LogP contribution in [-0.2, 0) is 10.2 Å². The topological polar surface area (TPSA) is 112 Å². The van der Waals surface area contributed by atoms with E-state index in [-0.39, 0.29) is 28.5 Å². The maximum atomic E-state index is 12.5. The van der Waals surface area contributed by atoms with Gasteiger partial charge in [0, 0.05) is 19.0 Å². The number of benzene rings is 1. The molecule has 4 rings (SSSR count). The second-order valence-corrected chi connectivity index (χ2v) is 8.95. The zero-order valence-corrected chi connectivity index (χ0v) is 16.0. The summed E-state index contributed by atoms with van der Waals surface area (Å²) >= 11 is 0. The molecular formula is C17H19F3N4O4S. The van der Waals surface area contributed by atoms with Crippen LogP contribution in [0.5, 0.6) is 5.75 Å². The van der Waals surface area contributed by atoms with E-state index in [1.165, 1.54) is 10.4 Å². The average molecular weight is 432 g/mol. The molecule has 2 N–H and O–H groups in total. The standard InChI is InChI=1S/C17H19F3N4O4S/c18-17(19,20)10-27-13-4-2-1-3-11(13)14-22-23-15(28-14)12-9-16(12)5-7-24(8-6-16)29(21,25)26/h1-4,12H,5-10H2,(H2,21,25,26)/t12-/m0/s1. The highest BCUT2D eigenvalue weighted by Gasteiger charge is 2.58. The van der Waals surface area contributed by atoms with E-state index in [1.807, 2.05) is 0 Å². The molecule has 158 valence electrons. The second kappa shape index (κ2) is 6.96. The van der Waals surface area contributed by atoms with Gasteiger partial charge in [-0.3, -0.25) is 0 Å². The van der Waals surface area contributed by atoms with Crippen LogP contribution in [-0.4, -0.2) is 48.8 Å². The van der Waals surface area contributed by atoms with Crippen LogP contribution in [0, 0.1) is 5.41 Å². The molecule has 0 radical (unpaired) electrons. The van der Waals surface area contributed by atoms with Crippen LogP contribution < -0.4 is 9.88 Å². The molecular weight excluding hydrogens is 413 g/mol. The maximum Gasteiger partial charge on any atom is 0.422 e. The van der Waals surface area contributed by atoms with Crippen LogP contribution in [0.4, 0.5) is 13.2 Å². The molecule has 29 heavy (non-hydrogen) atoms. The fourth-order valence-corrected chi connectivity index (χ4v) is 4.54. The largest absolute Gasteiger partial charge is 0.483 e. The van der Waals surface area contributed by atoms with E-state index in [0.29, 0.717) is 31.8 Å². The van der Waals surface area contributed by atoms with E-state index in [9.17, 15) is 21.6 Å². The Bertz CT molecular complexity index is 1000. The fourth-order valence-electron chi connectivity index (χ4n) is 3.85. The van der Waals surface area contributed by atoms with Crippen molar-refractivity contribution in [2.75, 3.05) is 19.7 Å². The summed E-state index contributed by atoms with van der Waals surface area (Å²) in [5.74, 6) is 0.484. The highest BCUT2D eigenvalue weighted by Crippen LogP contribution is 2.64. The molecule has 12 heteroatoms. The maximum absolute atomic E-state index is 12.5. The van der Waals surface area contributed by atoms with Crippen molar-refractivity contribution in [1.29, 1.82) is 0 Å². The van der Waals surface area contributed by atoms with E-state index < -0.39 is 23.0 Å². The van der Waals surface area contributed by atoms with Gasteiger partial charge in [-0.2, -0.15) is 25.9 Å². The van der Waals surface area contributed by atoms with Crippen molar-refractivity contribution in [3.05, 3.63) is 30.2 Å². The van der Waals surface area contributed by atoms with Crippen LogP contribution in [0.25, 0.3) is 11.5 Å². The first kappa shape index (κ1) is 20.1. The minimum atomic E-state index is -4.46. The lowest BCUT2D eigenvalue weighted by molar-refractivity contribution is -0.153. The molecule has 1 aromatic heterocycles. The SMILES string of the molecule is NS(=O)(=O)N1CCC2(CC1)C[C@H]2c1nnc(-c2ccccc2OCC(F)(F)F)o1. The monoisotopic (exact) mass is 432 g/mol. The quantitative estimate of drug-likeness (QED) is 0.777. The van der Waals surface area contributed by atoms with Crippen molar-refractivity contribution < 1.29 is 30.7 Å². The van der Waals surface area contributed by atoms with Crippen LogP contribution in [0.15, 0.2) is 28.7 Å². The van der Waals surface area contributed by atoms with Gasteiger partial charge in [-0.15, -0.1) is 10.2 Å². The number of rotatable bonds is 5. The zero-order valence-electron chi connectivity index (χ0n) is 15.2. The van der Waals surface area contributed by atoms with Crippen LogP contribution in [0.1, 0.15) is 31.1 Å². The number of nitrogens with two attached hydrogens (primary N) is 1. The Morgan fingerprint density at radius 3 is 2.59 bits per heavy atom. The van der Waals surface area contributed by atoms with Gasteiger partial charge in [-0.05, 0) is 36.8 Å². The molecule has 1 spiro atoms. The summed E-state index contributed by atoms with van der Waals surface area (Å²) < 4.78 is 72.2. The number of halogens is 3. The van der Waals surface area contributed by atoms with Crippen molar-refractivity contribution in [2.24, 2.45) is 10.6 Å². The minimum Gasteiger partial charge on any atom is -0.483 e. The zero-order chi connectivity index (χ0) is 20.9. The molecule has 1 atom stereocenters. The number of para-hydroxylation sites is 1. The molecule has 0 bridgehead atoms. The molecule has 2 aliphatic rings. The number of aromatic nitrogens is 2. The van der Waals surface area contributed by atoms with Crippen molar-refractivity contribution in [3.8, 4) is 17.2 Å². The number of alkyl halides is 3. The lowest BCUT2D eigenvalue weighted by Gasteiger charge is -2.30. The normalized spacial score (nSPS) is 22.0. The summed E-state index contributed by atoms with van der Waals surface area (Å²) in [6.07, 6.45) is -2.40. The molecule has 1 saturated heterocycles. The first-order valence-corrected chi connectivity index (χ1v) is 10.5. The lowest BCUT2D eigenvalue weighted by atomic mass is 9.92. The Hall–Kier alpha value is -2.18. The van der Waals surface area contributed by atoms with Gasteiger partial charge in [0.2, 0.25) is 5.89 Å². The van der Waals surface area contributed by atoms with Crippen LogP contribution >= 0.6 is 0 Å².